The molecule has 2 aliphatic rings. The Morgan fingerprint density at radius 1 is 0.882 bits per heavy atom. The molecule has 1 aromatic rings. The molecule has 2 aliphatic heterocycles. The molecule has 15 nitrogen and oxygen atoms in total. The topological polar surface area (TPSA) is 197 Å². The van der Waals surface area contributed by atoms with Gasteiger partial charge in [-0.3, -0.25) is 14.2 Å². The first-order valence-electron chi connectivity index (χ1n) is 17.5. The smallest absolute Gasteiger partial charge is 0.335 e. The second kappa shape index (κ2) is 15.9. The number of esters is 1. The minimum Gasteiger partial charge on any atom is -0.443 e. The molecule has 0 aliphatic carbocycles. The van der Waals surface area contributed by atoms with Crippen molar-refractivity contribution in [2.45, 2.75) is 167 Å². The van der Waals surface area contributed by atoms with Gasteiger partial charge in [0.1, 0.15) is 36.7 Å². The Balaban J connectivity index is 2.05. The minimum absolute atomic E-state index is 0.0619. The van der Waals surface area contributed by atoms with Gasteiger partial charge in [0.05, 0.1) is 36.9 Å². The highest BCUT2D eigenvalue weighted by Gasteiger charge is 2.48. The summed E-state index contributed by atoms with van der Waals surface area (Å²) in [4.78, 5) is 40.4. The zero-order chi connectivity index (χ0) is 39.1. The van der Waals surface area contributed by atoms with Gasteiger partial charge < -0.3 is 48.2 Å². The van der Waals surface area contributed by atoms with Crippen molar-refractivity contribution in [1.29, 1.82) is 0 Å². The van der Waals surface area contributed by atoms with E-state index in [1.807, 2.05) is 0 Å². The molecule has 294 valence electrons. The van der Waals surface area contributed by atoms with Crippen molar-refractivity contribution in [2.75, 3.05) is 13.2 Å². The Hall–Kier alpha value is -1.78. The van der Waals surface area contributed by atoms with Gasteiger partial charge in [-0.1, -0.05) is 41.5 Å². The van der Waals surface area contributed by atoms with Gasteiger partial charge >= 0.3 is 11.7 Å². The fourth-order valence-corrected chi connectivity index (χ4v) is 7.39. The number of hydrogen-bond acceptors (Lipinski definition) is 13. The van der Waals surface area contributed by atoms with Crippen LogP contribution in [-0.4, -0.2) is 108 Å². The van der Waals surface area contributed by atoms with Crippen molar-refractivity contribution >= 4 is 22.6 Å². The highest BCUT2D eigenvalue weighted by molar-refractivity contribution is 6.74. The third-order valence-electron chi connectivity index (χ3n) is 10.6. The van der Waals surface area contributed by atoms with Crippen LogP contribution in [0.1, 0.15) is 80.5 Å². The summed E-state index contributed by atoms with van der Waals surface area (Å²) in [5.74, 6) is -0.633. The summed E-state index contributed by atoms with van der Waals surface area (Å²) in [6.45, 7) is 24.7. The van der Waals surface area contributed by atoms with Crippen LogP contribution in [0.5, 0.6) is 0 Å². The normalized spacial score (nSPS) is 28.3. The molecular formula is C34H62N2O13Si2. The molecule has 51 heavy (non-hydrogen) atoms. The summed E-state index contributed by atoms with van der Waals surface area (Å²) in [5, 5.41) is 40.3. The second-order valence-electron chi connectivity index (χ2n) is 17.7. The van der Waals surface area contributed by atoms with E-state index in [4.69, 9.17) is 27.8 Å². The molecule has 3 rings (SSSR count). The predicted octanol–water partition coefficient (Wildman–Crippen LogP) is 2.57. The van der Waals surface area contributed by atoms with Crippen LogP contribution in [0.2, 0.25) is 36.3 Å². The minimum atomic E-state index is -2.34. The number of ether oxygens (including phenoxy) is 4. The maximum absolute atomic E-state index is 14.0. The van der Waals surface area contributed by atoms with Crippen molar-refractivity contribution in [3.05, 3.63) is 32.6 Å². The third kappa shape index (κ3) is 10.1. The molecule has 2 saturated heterocycles. The Bertz CT molecular complexity index is 1470. The second-order valence-corrected chi connectivity index (χ2v) is 27.3. The van der Waals surface area contributed by atoms with Crippen LogP contribution in [-0.2, 0) is 45.9 Å². The van der Waals surface area contributed by atoms with Crippen LogP contribution in [0.3, 0.4) is 0 Å². The number of carbonyl (C=O) groups is 1. The molecule has 0 spiro atoms. The van der Waals surface area contributed by atoms with Crippen molar-refractivity contribution in [1.82, 2.24) is 9.13 Å². The lowest BCUT2D eigenvalue weighted by Gasteiger charge is -2.40. The fourth-order valence-electron chi connectivity index (χ4n) is 5.02. The third-order valence-corrected chi connectivity index (χ3v) is 19.6. The first kappa shape index (κ1) is 43.6. The summed E-state index contributed by atoms with van der Waals surface area (Å²) in [6.07, 6.45) is -8.12. The standard InChI is InChI=1S/C34H62N2O13Si2/c1-32(2,3)30(42)45-19-36-28(41)20(17-44-29-27(40)26(39)25(38)22(16-37)48-29)15-35(31(36)43)24-14-21(49-51(12,13)34(7,8)9)23(47-24)18-46-50(10,11)33(4,5)6/h15,21-27,29,37-40H,14,16-19H2,1-13H3/t21-,22+,23+,24+,25+,26-,27+,29+/m0/s1. The van der Waals surface area contributed by atoms with Crippen LogP contribution in [0.25, 0.3) is 0 Å². The van der Waals surface area contributed by atoms with Gasteiger partial charge in [0.2, 0.25) is 0 Å². The molecule has 8 atom stereocenters. The van der Waals surface area contributed by atoms with Gasteiger partial charge in [0, 0.05) is 12.6 Å². The summed E-state index contributed by atoms with van der Waals surface area (Å²) in [6, 6.07) is 0. The molecule has 0 amide bonds. The molecule has 4 N–H and O–H groups in total. The maximum atomic E-state index is 14.0. The number of nitrogens with zero attached hydrogens (tertiary/aromatic N) is 2. The van der Waals surface area contributed by atoms with E-state index in [9.17, 15) is 34.8 Å². The highest BCUT2D eigenvalue weighted by Crippen LogP contribution is 2.42. The Labute approximate surface area is 303 Å². The Morgan fingerprint density at radius 3 is 2.00 bits per heavy atom. The van der Waals surface area contributed by atoms with Gasteiger partial charge in [-0.2, -0.15) is 0 Å². The van der Waals surface area contributed by atoms with Crippen LogP contribution in [0.4, 0.5) is 0 Å². The average Bonchev–Trinajstić information content (AvgIpc) is 3.38. The molecular weight excluding hydrogens is 701 g/mol. The van der Waals surface area contributed by atoms with E-state index < -0.39 is 108 Å². The first-order valence-corrected chi connectivity index (χ1v) is 23.4. The zero-order valence-corrected chi connectivity index (χ0v) is 34.6. The van der Waals surface area contributed by atoms with E-state index in [2.05, 4.69) is 67.7 Å². The molecule has 0 saturated carbocycles. The van der Waals surface area contributed by atoms with Crippen LogP contribution >= 0.6 is 0 Å². The number of aliphatic hydroxyl groups excluding tert-OH is 4. The predicted molar refractivity (Wildman–Crippen MR) is 193 cm³/mol. The molecule has 3 heterocycles. The van der Waals surface area contributed by atoms with E-state index in [0.717, 1.165) is 4.57 Å². The van der Waals surface area contributed by atoms with E-state index >= 15 is 0 Å². The molecule has 17 heteroatoms. The lowest BCUT2D eigenvalue weighted by atomic mass is 9.98. The highest BCUT2D eigenvalue weighted by atomic mass is 28.4. The van der Waals surface area contributed by atoms with E-state index in [0.29, 0.717) is 0 Å². The number of rotatable bonds is 12. The molecule has 0 bridgehead atoms. The molecule has 1 aromatic heterocycles. The van der Waals surface area contributed by atoms with E-state index in [1.165, 1.54) is 10.8 Å². The Kier molecular flexibility index (Phi) is 13.6. The van der Waals surface area contributed by atoms with E-state index in [1.54, 1.807) is 20.8 Å². The van der Waals surface area contributed by atoms with Crippen molar-refractivity contribution in [3.8, 4) is 0 Å². The Morgan fingerprint density at radius 2 is 1.47 bits per heavy atom. The zero-order valence-electron chi connectivity index (χ0n) is 32.6. The molecule has 0 aromatic carbocycles. The lowest BCUT2D eigenvalue weighted by Crippen LogP contribution is -2.59. The average molecular weight is 763 g/mol. The quantitative estimate of drug-likeness (QED) is 0.179. The largest absolute Gasteiger partial charge is 0.443 e. The summed E-state index contributed by atoms with van der Waals surface area (Å²) in [5.41, 5.74) is -2.61. The van der Waals surface area contributed by atoms with Crippen LogP contribution in [0.15, 0.2) is 15.8 Å². The number of aromatic nitrogens is 2. The number of carbonyl (C=O) groups excluding carboxylic acids is 1. The van der Waals surface area contributed by atoms with Gasteiger partial charge in [0.25, 0.3) is 5.56 Å². The first-order chi connectivity index (χ1) is 23.1. The van der Waals surface area contributed by atoms with Gasteiger partial charge in [-0.05, 0) is 57.0 Å². The molecule has 0 unspecified atom stereocenters. The molecule has 2 fully saturated rings. The van der Waals surface area contributed by atoms with Gasteiger partial charge in [-0.25, -0.2) is 9.36 Å². The number of hydrogen-bond donors (Lipinski definition) is 4. The molecule has 0 radical (unpaired) electrons. The SMILES string of the molecule is CC(C)(C)C(=O)OCn1c(=O)c(CO[C@@H]2O[C@H](CO)[C@@H](O)[C@H](O)[C@H]2O)cn([C@H]2C[C@H](O[Si](C)(C)C(C)(C)C)[C@@H](CO[Si](C)(C)C(C)(C)C)O2)c1=O. The summed E-state index contributed by atoms with van der Waals surface area (Å²) < 4.78 is 38.5. The van der Waals surface area contributed by atoms with E-state index in [-0.39, 0.29) is 28.7 Å². The van der Waals surface area contributed by atoms with Crippen molar-refractivity contribution in [2.24, 2.45) is 5.41 Å². The van der Waals surface area contributed by atoms with Crippen molar-refractivity contribution < 1.29 is 53.0 Å². The number of aliphatic hydroxyl groups is 4. The fraction of sp³-hybridized carbons (Fsp3) is 0.853. The summed E-state index contributed by atoms with van der Waals surface area (Å²) >= 11 is 0. The van der Waals surface area contributed by atoms with Crippen LogP contribution in [0, 0.1) is 5.41 Å². The van der Waals surface area contributed by atoms with Crippen molar-refractivity contribution in [3.63, 3.8) is 0 Å². The van der Waals surface area contributed by atoms with Gasteiger partial charge in [0.15, 0.2) is 29.7 Å². The monoisotopic (exact) mass is 762 g/mol. The lowest BCUT2D eigenvalue weighted by molar-refractivity contribution is -0.304. The maximum Gasteiger partial charge on any atom is 0.335 e. The van der Waals surface area contributed by atoms with Crippen LogP contribution < -0.4 is 11.2 Å². The summed E-state index contributed by atoms with van der Waals surface area (Å²) in [7, 11) is -4.54. The van der Waals surface area contributed by atoms with Gasteiger partial charge in [-0.15, -0.1) is 0 Å².